The molecule has 0 unspecified atom stereocenters. The second-order valence-corrected chi connectivity index (χ2v) is 6.76. The minimum Gasteiger partial charge on any atom is -0.383 e. The first-order chi connectivity index (χ1) is 9.96. The number of ether oxygens (including phenoxy) is 2. The van der Waals surface area contributed by atoms with Crippen LogP contribution in [0, 0.1) is 0 Å². The fraction of sp³-hybridized carbons (Fsp3) is 0.800. The molecule has 6 heteroatoms. The highest BCUT2D eigenvalue weighted by Crippen LogP contribution is 2.31. The van der Waals surface area contributed by atoms with Gasteiger partial charge in [0.1, 0.15) is 0 Å². The lowest BCUT2D eigenvalue weighted by molar-refractivity contribution is 0.181. The van der Waals surface area contributed by atoms with Crippen molar-refractivity contribution in [3.63, 3.8) is 0 Å². The van der Waals surface area contributed by atoms with Crippen LogP contribution in [-0.4, -0.2) is 44.9 Å². The molecule has 1 heterocycles. The van der Waals surface area contributed by atoms with Crippen molar-refractivity contribution < 1.29 is 9.47 Å². The lowest BCUT2D eigenvalue weighted by Gasteiger charge is -2.34. The van der Waals surface area contributed by atoms with E-state index in [-0.39, 0.29) is 5.54 Å². The van der Waals surface area contributed by atoms with Crippen LogP contribution >= 0.6 is 11.3 Å². The summed E-state index contributed by atoms with van der Waals surface area (Å²) in [5.74, 6) is 0. The zero-order valence-electron chi connectivity index (χ0n) is 14.2. The normalized spacial score (nSPS) is 11.9. The average molecular weight is 315 g/mol. The van der Waals surface area contributed by atoms with E-state index < -0.39 is 0 Å². The summed E-state index contributed by atoms with van der Waals surface area (Å²) in [6.45, 7) is 9.59. The Hall–Kier alpha value is -0.690. The van der Waals surface area contributed by atoms with Crippen LogP contribution in [-0.2, 0) is 22.6 Å². The van der Waals surface area contributed by atoms with Crippen LogP contribution in [0.1, 0.15) is 37.8 Å². The highest BCUT2D eigenvalue weighted by Gasteiger charge is 2.25. The van der Waals surface area contributed by atoms with Crippen molar-refractivity contribution in [3.05, 3.63) is 10.6 Å². The highest BCUT2D eigenvalue weighted by atomic mass is 32.1. The summed E-state index contributed by atoms with van der Waals surface area (Å²) in [7, 11) is 5.53. The van der Waals surface area contributed by atoms with Gasteiger partial charge in [-0.3, -0.25) is 0 Å². The van der Waals surface area contributed by atoms with Crippen LogP contribution in [0.4, 0.5) is 5.13 Å². The van der Waals surface area contributed by atoms with Gasteiger partial charge in [0.15, 0.2) is 5.13 Å². The lowest BCUT2D eigenvalue weighted by Crippen LogP contribution is -2.40. The molecule has 0 amide bonds. The van der Waals surface area contributed by atoms with Gasteiger partial charge >= 0.3 is 0 Å². The Morgan fingerprint density at radius 3 is 2.57 bits per heavy atom. The number of nitrogens with zero attached hydrogens (tertiary/aromatic N) is 2. The van der Waals surface area contributed by atoms with E-state index in [9.17, 15) is 0 Å². The summed E-state index contributed by atoms with van der Waals surface area (Å²) < 4.78 is 10.3. The number of nitrogens with one attached hydrogen (secondary N) is 1. The van der Waals surface area contributed by atoms with Gasteiger partial charge in [0.2, 0.25) is 0 Å². The topological polar surface area (TPSA) is 46.6 Å². The summed E-state index contributed by atoms with van der Waals surface area (Å²) in [6, 6.07) is 0. The number of thiazole rings is 1. The van der Waals surface area contributed by atoms with Crippen molar-refractivity contribution >= 4 is 16.5 Å². The monoisotopic (exact) mass is 315 g/mol. The van der Waals surface area contributed by atoms with E-state index in [2.05, 4.69) is 38.0 Å². The largest absolute Gasteiger partial charge is 0.383 e. The molecule has 21 heavy (non-hydrogen) atoms. The molecule has 1 aromatic rings. The van der Waals surface area contributed by atoms with Crippen molar-refractivity contribution in [2.24, 2.45) is 0 Å². The SMILES string of the molecule is CCC(C)(C)N(C)c1nc(COC)c(CNCCOC)s1. The number of rotatable bonds is 10. The highest BCUT2D eigenvalue weighted by molar-refractivity contribution is 7.15. The molecule has 0 radical (unpaired) electrons. The second kappa shape index (κ2) is 8.68. The third kappa shape index (κ3) is 5.21. The molecule has 0 bridgehead atoms. The molecule has 0 aliphatic rings. The number of aromatic nitrogens is 1. The molecule has 5 nitrogen and oxygen atoms in total. The molecule has 0 aliphatic heterocycles. The minimum absolute atomic E-state index is 0.100. The van der Waals surface area contributed by atoms with E-state index >= 15 is 0 Å². The Morgan fingerprint density at radius 1 is 1.29 bits per heavy atom. The smallest absolute Gasteiger partial charge is 0.186 e. The molecule has 0 aliphatic carbocycles. The number of methoxy groups -OCH3 is 2. The molecule has 0 saturated carbocycles. The van der Waals surface area contributed by atoms with Gasteiger partial charge in [-0.25, -0.2) is 4.98 Å². The van der Waals surface area contributed by atoms with E-state index in [0.717, 1.165) is 30.3 Å². The van der Waals surface area contributed by atoms with Gasteiger partial charge < -0.3 is 19.7 Å². The summed E-state index contributed by atoms with van der Waals surface area (Å²) in [4.78, 5) is 8.26. The van der Waals surface area contributed by atoms with Crippen molar-refractivity contribution in [2.45, 2.75) is 45.9 Å². The van der Waals surface area contributed by atoms with E-state index in [1.165, 1.54) is 4.88 Å². The second-order valence-electron chi connectivity index (χ2n) is 5.69. The first-order valence-corrected chi connectivity index (χ1v) is 8.19. The average Bonchev–Trinajstić information content (AvgIpc) is 2.86. The predicted molar refractivity (Wildman–Crippen MR) is 89.2 cm³/mol. The van der Waals surface area contributed by atoms with Gasteiger partial charge in [0, 0.05) is 44.8 Å². The molecular weight excluding hydrogens is 286 g/mol. The van der Waals surface area contributed by atoms with Gasteiger partial charge in [0.05, 0.1) is 18.9 Å². The van der Waals surface area contributed by atoms with E-state index in [0.29, 0.717) is 13.2 Å². The zero-order chi connectivity index (χ0) is 15.9. The van der Waals surface area contributed by atoms with Gasteiger partial charge in [0.25, 0.3) is 0 Å². The Kier molecular flexibility index (Phi) is 7.59. The van der Waals surface area contributed by atoms with Crippen molar-refractivity contribution in [1.82, 2.24) is 10.3 Å². The minimum atomic E-state index is 0.100. The number of hydrogen-bond donors (Lipinski definition) is 1. The Labute approximate surface area is 132 Å². The third-order valence-electron chi connectivity index (χ3n) is 3.88. The van der Waals surface area contributed by atoms with Crippen molar-refractivity contribution in [3.8, 4) is 0 Å². The molecule has 0 saturated heterocycles. The Morgan fingerprint density at radius 2 is 2.00 bits per heavy atom. The van der Waals surface area contributed by atoms with Gasteiger partial charge in [-0.15, -0.1) is 11.3 Å². The number of anilines is 1. The summed E-state index contributed by atoms with van der Waals surface area (Å²) in [5.41, 5.74) is 1.13. The van der Waals surface area contributed by atoms with Crippen LogP contribution in [0.5, 0.6) is 0 Å². The molecule has 0 aromatic carbocycles. The van der Waals surface area contributed by atoms with Gasteiger partial charge in [-0.1, -0.05) is 6.92 Å². The first-order valence-electron chi connectivity index (χ1n) is 7.37. The van der Waals surface area contributed by atoms with E-state index in [1.54, 1.807) is 25.6 Å². The van der Waals surface area contributed by atoms with Crippen LogP contribution < -0.4 is 10.2 Å². The van der Waals surface area contributed by atoms with Crippen molar-refractivity contribution in [1.29, 1.82) is 0 Å². The fourth-order valence-corrected chi connectivity index (χ4v) is 2.93. The lowest BCUT2D eigenvalue weighted by atomic mass is 10.0. The maximum Gasteiger partial charge on any atom is 0.186 e. The molecule has 122 valence electrons. The summed E-state index contributed by atoms with van der Waals surface area (Å²) >= 11 is 1.74. The quantitative estimate of drug-likeness (QED) is 0.673. The molecule has 0 spiro atoms. The van der Waals surface area contributed by atoms with Crippen LogP contribution in [0.25, 0.3) is 0 Å². The van der Waals surface area contributed by atoms with Crippen molar-refractivity contribution in [2.75, 3.05) is 39.3 Å². The molecular formula is C15H29N3O2S. The first kappa shape index (κ1) is 18.4. The fourth-order valence-electron chi connectivity index (χ4n) is 1.77. The van der Waals surface area contributed by atoms with Crippen LogP contribution in [0.2, 0.25) is 0 Å². The summed E-state index contributed by atoms with van der Waals surface area (Å²) in [5, 5.41) is 4.43. The standard InChI is InChI=1S/C15H29N3O2S/c1-7-15(2,3)18(4)14-17-12(11-20-6)13(21-14)10-16-8-9-19-5/h16H,7-11H2,1-6H3. The Balaban J connectivity index is 2.82. The third-order valence-corrected chi connectivity index (χ3v) is 5.05. The predicted octanol–water partition coefficient (Wildman–Crippen LogP) is 2.65. The molecule has 0 atom stereocenters. The summed E-state index contributed by atoms with van der Waals surface area (Å²) in [6.07, 6.45) is 1.07. The molecule has 1 aromatic heterocycles. The van der Waals surface area contributed by atoms with Crippen LogP contribution in [0.15, 0.2) is 0 Å². The Bertz CT molecular complexity index is 421. The van der Waals surface area contributed by atoms with Gasteiger partial charge in [-0.05, 0) is 20.3 Å². The zero-order valence-corrected chi connectivity index (χ0v) is 15.0. The number of hydrogen-bond acceptors (Lipinski definition) is 6. The molecule has 1 N–H and O–H groups in total. The van der Waals surface area contributed by atoms with E-state index in [1.807, 2.05) is 0 Å². The maximum absolute atomic E-state index is 5.27. The van der Waals surface area contributed by atoms with Gasteiger partial charge in [-0.2, -0.15) is 0 Å². The molecule has 1 rings (SSSR count). The maximum atomic E-state index is 5.27. The van der Waals surface area contributed by atoms with E-state index in [4.69, 9.17) is 14.5 Å². The molecule has 0 fully saturated rings. The van der Waals surface area contributed by atoms with Crippen LogP contribution in [0.3, 0.4) is 0 Å².